The number of carbonyl (C=O) groups is 1. The number of carbonyl (C=O) groups excluding carboxylic acids is 1. The normalized spacial score (nSPS) is 13.5. The van der Waals surface area contributed by atoms with Crippen molar-refractivity contribution >= 4 is 17.4 Å². The van der Waals surface area contributed by atoms with Crippen molar-refractivity contribution in [1.82, 2.24) is 20.3 Å². The lowest BCUT2D eigenvalue weighted by atomic mass is 10.1. The van der Waals surface area contributed by atoms with Crippen LogP contribution in [-0.4, -0.2) is 34.0 Å². The number of rotatable bonds is 6. The van der Waals surface area contributed by atoms with E-state index >= 15 is 0 Å². The lowest BCUT2D eigenvalue weighted by molar-refractivity contribution is -0.139. The van der Waals surface area contributed by atoms with Gasteiger partial charge in [0.05, 0.1) is 35.7 Å². The maximum Gasteiger partial charge on any atom is 0.419 e. The summed E-state index contributed by atoms with van der Waals surface area (Å²) in [6, 6.07) is 4.53. The van der Waals surface area contributed by atoms with E-state index in [1.54, 1.807) is 0 Å². The second-order valence-corrected chi connectivity index (χ2v) is 7.07. The van der Waals surface area contributed by atoms with Gasteiger partial charge in [0.15, 0.2) is 17.4 Å². The van der Waals surface area contributed by atoms with E-state index in [0.29, 0.717) is 11.8 Å². The molecule has 0 bridgehead atoms. The molecule has 1 fully saturated rings. The molecular formula is C21H17F4N5O2. The van der Waals surface area contributed by atoms with Crippen LogP contribution >= 0.6 is 0 Å². The first-order valence-electron chi connectivity index (χ1n) is 9.57. The van der Waals surface area contributed by atoms with Crippen LogP contribution in [0.1, 0.15) is 28.8 Å². The van der Waals surface area contributed by atoms with Crippen LogP contribution < -0.4 is 15.4 Å². The van der Waals surface area contributed by atoms with Crippen LogP contribution in [-0.2, 0) is 6.18 Å². The molecule has 2 aromatic heterocycles. The average Bonchev–Trinajstić information content (AvgIpc) is 3.57. The van der Waals surface area contributed by atoms with Gasteiger partial charge in [0, 0.05) is 18.4 Å². The molecule has 2 heterocycles. The Bertz CT molecular complexity index is 1170. The van der Waals surface area contributed by atoms with Crippen molar-refractivity contribution in [2.75, 3.05) is 12.4 Å². The Hall–Kier alpha value is -3.76. The topological polar surface area (TPSA) is 89.0 Å². The third-order valence-electron chi connectivity index (χ3n) is 4.75. The van der Waals surface area contributed by atoms with Gasteiger partial charge in [-0.05, 0) is 31.0 Å². The fraction of sp³-hybridized carbons (Fsp3) is 0.238. The number of alkyl halides is 3. The van der Waals surface area contributed by atoms with E-state index in [2.05, 4.69) is 25.6 Å². The second-order valence-electron chi connectivity index (χ2n) is 7.07. The van der Waals surface area contributed by atoms with Gasteiger partial charge in [-0.25, -0.2) is 14.4 Å². The number of hydrogen-bond acceptors (Lipinski definition) is 6. The number of hydrogen-bond donors (Lipinski definition) is 2. The quantitative estimate of drug-likeness (QED) is 0.547. The van der Waals surface area contributed by atoms with Gasteiger partial charge in [0.2, 0.25) is 0 Å². The number of anilines is 2. The average molecular weight is 447 g/mol. The highest BCUT2D eigenvalue weighted by molar-refractivity contribution is 6.00. The zero-order valence-electron chi connectivity index (χ0n) is 16.7. The third-order valence-corrected chi connectivity index (χ3v) is 4.75. The van der Waals surface area contributed by atoms with Gasteiger partial charge in [-0.1, -0.05) is 6.07 Å². The Balaban J connectivity index is 1.72. The Morgan fingerprint density at radius 3 is 2.66 bits per heavy atom. The van der Waals surface area contributed by atoms with E-state index in [9.17, 15) is 22.4 Å². The summed E-state index contributed by atoms with van der Waals surface area (Å²) in [4.78, 5) is 24.6. The minimum absolute atomic E-state index is 0.0426. The van der Waals surface area contributed by atoms with Crippen molar-refractivity contribution in [3.05, 3.63) is 59.8 Å². The van der Waals surface area contributed by atoms with E-state index in [4.69, 9.17) is 4.74 Å². The standard InChI is InChI=1S/C21H17F4N5O2/c1-32-16-10-27-18(12-3-2-4-14(17(12)22)21(23,24)25)30-19(16)29-15-7-8-26-9-13(15)20(31)28-11-5-6-11/h2-4,7-11H,5-6H2,1H3,(H,28,31)(H,26,27,29,30). The first-order valence-corrected chi connectivity index (χ1v) is 9.57. The lowest BCUT2D eigenvalue weighted by Crippen LogP contribution is -2.26. The van der Waals surface area contributed by atoms with Gasteiger partial charge in [-0.15, -0.1) is 0 Å². The monoisotopic (exact) mass is 447 g/mol. The molecule has 11 heteroatoms. The number of halogens is 4. The summed E-state index contributed by atoms with van der Waals surface area (Å²) in [7, 11) is 1.35. The fourth-order valence-electron chi connectivity index (χ4n) is 2.97. The number of nitrogens with one attached hydrogen (secondary N) is 2. The van der Waals surface area contributed by atoms with Crippen molar-refractivity contribution in [2.45, 2.75) is 25.1 Å². The molecule has 3 aromatic rings. The molecule has 7 nitrogen and oxygen atoms in total. The minimum atomic E-state index is -4.87. The number of ether oxygens (including phenoxy) is 1. The first-order chi connectivity index (χ1) is 15.3. The van der Waals surface area contributed by atoms with Crippen molar-refractivity contribution in [3.8, 4) is 17.1 Å². The fourth-order valence-corrected chi connectivity index (χ4v) is 2.97. The van der Waals surface area contributed by atoms with E-state index < -0.39 is 23.1 Å². The number of benzene rings is 1. The van der Waals surface area contributed by atoms with Crippen molar-refractivity contribution in [2.24, 2.45) is 0 Å². The molecule has 166 valence electrons. The number of aromatic nitrogens is 3. The van der Waals surface area contributed by atoms with Gasteiger partial charge >= 0.3 is 6.18 Å². The Morgan fingerprint density at radius 2 is 1.97 bits per heavy atom. The highest BCUT2D eigenvalue weighted by atomic mass is 19.4. The zero-order valence-corrected chi connectivity index (χ0v) is 16.7. The van der Waals surface area contributed by atoms with Gasteiger partial charge in [0.1, 0.15) is 5.82 Å². The van der Waals surface area contributed by atoms with Crippen LogP contribution in [0.5, 0.6) is 5.75 Å². The van der Waals surface area contributed by atoms with Gasteiger partial charge in [-0.2, -0.15) is 13.2 Å². The molecule has 0 aliphatic heterocycles. The summed E-state index contributed by atoms with van der Waals surface area (Å²) in [6.45, 7) is 0. The maximum absolute atomic E-state index is 14.6. The van der Waals surface area contributed by atoms with E-state index in [0.717, 1.165) is 25.0 Å². The second kappa shape index (κ2) is 8.40. The molecule has 1 amide bonds. The molecule has 4 rings (SSSR count). The number of amides is 1. The van der Waals surface area contributed by atoms with Crippen molar-refractivity contribution < 1.29 is 27.1 Å². The molecule has 0 saturated heterocycles. The van der Waals surface area contributed by atoms with Crippen molar-refractivity contribution in [3.63, 3.8) is 0 Å². The number of pyridine rings is 1. The molecule has 32 heavy (non-hydrogen) atoms. The number of nitrogens with zero attached hydrogens (tertiary/aromatic N) is 3. The molecule has 1 saturated carbocycles. The smallest absolute Gasteiger partial charge is 0.419 e. The van der Waals surface area contributed by atoms with Crippen LogP contribution in [0, 0.1) is 5.82 Å². The zero-order chi connectivity index (χ0) is 22.9. The summed E-state index contributed by atoms with van der Waals surface area (Å²) in [5, 5.41) is 5.77. The summed E-state index contributed by atoms with van der Waals surface area (Å²) >= 11 is 0. The van der Waals surface area contributed by atoms with Crippen LogP contribution in [0.2, 0.25) is 0 Å². The minimum Gasteiger partial charge on any atom is -0.491 e. The van der Waals surface area contributed by atoms with Crippen LogP contribution in [0.15, 0.2) is 42.9 Å². The van der Waals surface area contributed by atoms with Gasteiger partial charge < -0.3 is 15.4 Å². The van der Waals surface area contributed by atoms with Gasteiger partial charge in [0.25, 0.3) is 5.91 Å². The molecule has 1 aliphatic carbocycles. The largest absolute Gasteiger partial charge is 0.491 e. The summed E-state index contributed by atoms with van der Waals surface area (Å²) < 4.78 is 59.1. The van der Waals surface area contributed by atoms with E-state index in [1.807, 2.05) is 0 Å². The SMILES string of the molecule is COc1cnc(-c2cccc(C(F)(F)F)c2F)nc1Nc1ccncc1C(=O)NC1CC1. The Morgan fingerprint density at radius 1 is 1.19 bits per heavy atom. The molecule has 1 aromatic carbocycles. The van der Waals surface area contributed by atoms with E-state index in [1.165, 1.54) is 31.8 Å². The Labute approximate surface area is 179 Å². The summed E-state index contributed by atoms with van der Waals surface area (Å²) in [5.41, 5.74) is -1.26. The highest BCUT2D eigenvalue weighted by Gasteiger charge is 2.35. The van der Waals surface area contributed by atoms with Crippen molar-refractivity contribution in [1.29, 1.82) is 0 Å². The molecule has 1 aliphatic rings. The third kappa shape index (κ3) is 4.46. The predicted molar refractivity (Wildman–Crippen MR) is 107 cm³/mol. The van der Waals surface area contributed by atoms with Gasteiger partial charge in [-0.3, -0.25) is 9.78 Å². The van der Waals surface area contributed by atoms with E-state index in [-0.39, 0.29) is 34.9 Å². The summed E-state index contributed by atoms with van der Waals surface area (Å²) in [6.07, 6.45) is 0.975. The maximum atomic E-state index is 14.6. The number of methoxy groups -OCH3 is 1. The molecule has 0 radical (unpaired) electrons. The van der Waals surface area contributed by atoms with Crippen LogP contribution in [0.3, 0.4) is 0 Å². The highest BCUT2D eigenvalue weighted by Crippen LogP contribution is 2.36. The molecule has 0 spiro atoms. The Kier molecular flexibility index (Phi) is 5.64. The molecule has 0 unspecified atom stereocenters. The lowest BCUT2D eigenvalue weighted by Gasteiger charge is -2.15. The predicted octanol–water partition coefficient (Wildman–Crippen LogP) is 4.34. The first kappa shape index (κ1) is 21.5. The molecular weight excluding hydrogens is 430 g/mol. The molecule has 2 N–H and O–H groups in total. The van der Waals surface area contributed by atoms with Crippen LogP contribution in [0.25, 0.3) is 11.4 Å². The summed E-state index contributed by atoms with van der Waals surface area (Å²) in [5.74, 6) is -1.91. The van der Waals surface area contributed by atoms with Crippen LogP contribution in [0.4, 0.5) is 29.1 Å². The molecule has 0 atom stereocenters.